The number of hydrogen-bond donors (Lipinski definition) is 2. The molecule has 6 nitrogen and oxygen atoms in total. The van der Waals surface area contributed by atoms with E-state index >= 15 is 0 Å². The van der Waals surface area contributed by atoms with Crippen LogP contribution in [0.25, 0.3) is 22.5 Å². The van der Waals surface area contributed by atoms with Gasteiger partial charge < -0.3 is 19.8 Å². The molecule has 1 heterocycles. The Bertz CT molecular complexity index is 1270. The Balaban J connectivity index is 1.62. The van der Waals surface area contributed by atoms with Gasteiger partial charge in [0.15, 0.2) is 5.16 Å². The zero-order valence-electron chi connectivity index (χ0n) is 21.2. The van der Waals surface area contributed by atoms with Crippen LogP contribution >= 0.6 is 11.8 Å². The minimum absolute atomic E-state index is 0.0580. The molecule has 1 amide bonds. The topological polar surface area (TPSA) is 76.2 Å². The third-order valence-corrected chi connectivity index (χ3v) is 7.05. The molecule has 1 unspecified atom stereocenters. The quantitative estimate of drug-likeness (QED) is 0.248. The summed E-state index contributed by atoms with van der Waals surface area (Å²) in [5, 5.41) is 3.45. The number of anilines is 1. The SMILES string of the molecule is CCc1cccc(C)c1NC(=O)C(C)Sc1nc(-c2ccc(OC)cc2)c(-c2ccc(OC)cc2)[nH]1. The normalized spacial score (nSPS) is 11.7. The van der Waals surface area contributed by atoms with E-state index in [0.29, 0.717) is 5.16 Å². The number of rotatable bonds is 9. The van der Waals surface area contributed by atoms with Crippen molar-refractivity contribution in [2.75, 3.05) is 19.5 Å². The number of carbonyl (C=O) groups is 1. The molecule has 4 rings (SSSR count). The molecule has 0 aliphatic rings. The number of imidazole rings is 1. The highest BCUT2D eigenvalue weighted by atomic mass is 32.2. The molecule has 186 valence electrons. The number of thioether (sulfide) groups is 1. The first kappa shape index (κ1) is 25.4. The minimum Gasteiger partial charge on any atom is -0.497 e. The van der Waals surface area contributed by atoms with Crippen LogP contribution in [0.5, 0.6) is 11.5 Å². The lowest BCUT2D eigenvalue weighted by atomic mass is 10.0. The number of nitrogens with one attached hydrogen (secondary N) is 2. The van der Waals surface area contributed by atoms with Gasteiger partial charge in [-0.1, -0.05) is 36.9 Å². The van der Waals surface area contributed by atoms with E-state index in [2.05, 4.69) is 23.3 Å². The third-order valence-electron chi connectivity index (χ3n) is 6.07. The molecule has 3 aromatic carbocycles. The summed E-state index contributed by atoms with van der Waals surface area (Å²) in [6.45, 7) is 6.00. The molecule has 4 aromatic rings. The van der Waals surface area contributed by atoms with Crippen molar-refractivity contribution in [2.24, 2.45) is 0 Å². The molecule has 0 aliphatic heterocycles. The summed E-state index contributed by atoms with van der Waals surface area (Å²) in [4.78, 5) is 21.4. The zero-order chi connectivity index (χ0) is 25.7. The van der Waals surface area contributed by atoms with Crippen molar-refractivity contribution >= 4 is 23.4 Å². The maximum atomic E-state index is 13.1. The first-order valence-corrected chi connectivity index (χ1v) is 12.8. The molecular formula is C29H31N3O3S. The van der Waals surface area contributed by atoms with Crippen LogP contribution in [0.1, 0.15) is 25.0 Å². The molecular weight excluding hydrogens is 470 g/mol. The van der Waals surface area contributed by atoms with Gasteiger partial charge in [0.1, 0.15) is 11.5 Å². The van der Waals surface area contributed by atoms with Gasteiger partial charge >= 0.3 is 0 Å². The summed E-state index contributed by atoms with van der Waals surface area (Å²) in [7, 11) is 3.30. The maximum absolute atomic E-state index is 13.1. The highest BCUT2D eigenvalue weighted by Crippen LogP contribution is 2.35. The number of amides is 1. The number of methoxy groups -OCH3 is 2. The molecule has 7 heteroatoms. The van der Waals surface area contributed by atoms with Crippen molar-refractivity contribution in [1.29, 1.82) is 0 Å². The molecule has 0 radical (unpaired) electrons. The fourth-order valence-electron chi connectivity index (χ4n) is 3.98. The van der Waals surface area contributed by atoms with Crippen LogP contribution < -0.4 is 14.8 Å². The molecule has 1 aromatic heterocycles. The van der Waals surface area contributed by atoms with Crippen molar-refractivity contribution in [1.82, 2.24) is 9.97 Å². The smallest absolute Gasteiger partial charge is 0.237 e. The Labute approximate surface area is 216 Å². The first-order valence-electron chi connectivity index (χ1n) is 11.9. The molecule has 36 heavy (non-hydrogen) atoms. The number of hydrogen-bond acceptors (Lipinski definition) is 5. The van der Waals surface area contributed by atoms with E-state index in [1.807, 2.05) is 74.5 Å². The molecule has 2 N–H and O–H groups in total. The number of aryl methyl sites for hydroxylation is 2. The van der Waals surface area contributed by atoms with Crippen molar-refractivity contribution < 1.29 is 14.3 Å². The van der Waals surface area contributed by atoms with Crippen molar-refractivity contribution in [2.45, 2.75) is 37.6 Å². The van der Waals surface area contributed by atoms with Gasteiger partial charge in [-0.05, 0) is 79.9 Å². The summed E-state index contributed by atoms with van der Waals surface area (Å²) < 4.78 is 10.6. The van der Waals surface area contributed by atoms with E-state index in [9.17, 15) is 4.79 Å². The van der Waals surface area contributed by atoms with Gasteiger partial charge in [-0.25, -0.2) is 4.98 Å². The van der Waals surface area contributed by atoms with E-state index < -0.39 is 0 Å². The summed E-state index contributed by atoms with van der Waals surface area (Å²) in [5.74, 6) is 1.51. The highest BCUT2D eigenvalue weighted by Gasteiger charge is 2.21. The number of nitrogens with zero attached hydrogens (tertiary/aromatic N) is 1. The van der Waals surface area contributed by atoms with Crippen molar-refractivity contribution in [3.63, 3.8) is 0 Å². The Morgan fingerprint density at radius 2 is 1.58 bits per heavy atom. The molecule has 0 aliphatic carbocycles. The first-order chi connectivity index (χ1) is 17.4. The van der Waals surface area contributed by atoms with Crippen LogP contribution in [0, 0.1) is 6.92 Å². The fraction of sp³-hybridized carbons (Fsp3) is 0.241. The molecule has 0 fully saturated rings. The predicted molar refractivity (Wildman–Crippen MR) is 147 cm³/mol. The van der Waals surface area contributed by atoms with E-state index in [-0.39, 0.29) is 11.2 Å². The van der Waals surface area contributed by atoms with E-state index in [0.717, 1.165) is 57.2 Å². The van der Waals surface area contributed by atoms with Crippen LogP contribution in [0.3, 0.4) is 0 Å². The molecule has 0 bridgehead atoms. The largest absolute Gasteiger partial charge is 0.497 e. The summed E-state index contributed by atoms with van der Waals surface area (Å²) >= 11 is 1.40. The van der Waals surface area contributed by atoms with Gasteiger partial charge in [-0.15, -0.1) is 0 Å². The second-order valence-corrected chi connectivity index (χ2v) is 9.76. The van der Waals surface area contributed by atoms with Crippen LogP contribution in [0.15, 0.2) is 71.9 Å². The number of ether oxygens (including phenoxy) is 2. The van der Waals surface area contributed by atoms with Gasteiger partial charge in [0.05, 0.1) is 30.9 Å². The Hall–Kier alpha value is -3.71. The zero-order valence-corrected chi connectivity index (χ0v) is 22.0. The van der Waals surface area contributed by atoms with Gasteiger partial charge in [0.25, 0.3) is 0 Å². The average molecular weight is 502 g/mol. The molecule has 0 saturated carbocycles. The summed E-state index contributed by atoms with van der Waals surface area (Å²) in [6, 6.07) is 21.7. The van der Waals surface area contributed by atoms with Gasteiger partial charge in [0.2, 0.25) is 5.91 Å². The van der Waals surface area contributed by atoms with E-state index in [1.54, 1.807) is 14.2 Å². The maximum Gasteiger partial charge on any atom is 0.237 e. The molecule has 0 saturated heterocycles. The van der Waals surface area contributed by atoms with Gasteiger partial charge in [-0.3, -0.25) is 4.79 Å². The lowest BCUT2D eigenvalue weighted by molar-refractivity contribution is -0.115. The van der Waals surface area contributed by atoms with Crippen LogP contribution in [-0.4, -0.2) is 35.3 Å². The van der Waals surface area contributed by atoms with Crippen molar-refractivity contribution in [3.05, 3.63) is 77.9 Å². The summed E-state index contributed by atoms with van der Waals surface area (Å²) in [6.07, 6.45) is 0.855. The number of aromatic amines is 1. The standard InChI is InChI=1S/C29H31N3O3S/c1-6-20-9-7-8-18(2)25(20)30-28(33)19(3)36-29-31-26(21-10-14-23(34-4)15-11-21)27(32-29)22-12-16-24(35-5)17-13-22/h7-17,19H,6H2,1-5H3,(H,30,33)(H,31,32). The molecule has 1 atom stereocenters. The molecule has 0 spiro atoms. The van der Waals surface area contributed by atoms with Gasteiger partial charge in [0, 0.05) is 16.8 Å². The monoisotopic (exact) mass is 501 g/mol. The number of aromatic nitrogens is 2. The fourth-order valence-corrected chi connectivity index (χ4v) is 4.79. The lowest BCUT2D eigenvalue weighted by Gasteiger charge is -2.15. The number of H-pyrrole nitrogens is 1. The van der Waals surface area contributed by atoms with Crippen LogP contribution in [0.4, 0.5) is 5.69 Å². The third kappa shape index (κ3) is 5.57. The highest BCUT2D eigenvalue weighted by molar-refractivity contribution is 8.00. The Morgan fingerprint density at radius 3 is 2.17 bits per heavy atom. The predicted octanol–water partition coefficient (Wildman–Crippen LogP) is 6.75. The number of carbonyl (C=O) groups excluding carboxylic acids is 1. The van der Waals surface area contributed by atoms with E-state index in [1.165, 1.54) is 11.8 Å². The minimum atomic E-state index is -0.354. The Morgan fingerprint density at radius 1 is 0.972 bits per heavy atom. The van der Waals surface area contributed by atoms with E-state index in [4.69, 9.17) is 14.5 Å². The Kier molecular flexibility index (Phi) is 8.00. The number of para-hydroxylation sites is 1. The van der Waals surface area contributed by atoms with Crippen LogP contribution in [0.2, 0.25) is 0 Å². The average Bonchev–Trinajstić information content (AvgIpc) is 3.33. The number of benzene rings is 3. The van der Waals surface area contributed by atoms with Crippen LogP contribution in [-0.2, 0) is 11.2 Å². The van der Waals surface area contributed by atoms with Gasteiger partial charge in [-0.2, -0.15) is 0 Å². The summed E-state index contributed by atoms with van der Waals surface area (Å²) in [5.41, 5.74) is 6.70. The second kappa shape index (κ2) is 11.4. The lowest BCUT2D eigenvalue weighted by Crippen LogP contribution is -2.23. The van der Waals surface area contributed by atoms with Crippen molar-refractivity contribution in [3.8, 4) is 34.0 Å². The second-order valence-electron chi connectivity index (χ2n) is 8.43.